The van der Waals surface area contributed by atoms with E-state index in [0.29, 0.717) is 17.5 Å². The number of anilines is 1. The van der Waals surface area contributed by atoms with Gasteiger partial charge in [0.15, 0.2) is 5.82 Å². The van der Waals surface area contributed by atoms with Gasteiger partial charge in [0.1, 0.15) is 5.76 Å². The molecular formula is C12H19N3O2. The zero-order valence-electron chi connectivity index (χ0n) is 10.3. The second kappa shape index (κ2) is 5.21. The molecule has 0 aromatic carbocycles. The Labute approximate surface area is 101 Å². The van der Waals surface area contributed by atoms with E-state index >= 15 is 0 Å². The Morgan fingerprint density at radius 2 is 2.24 bits per heavy atom. The quantitative estimate of drug-likeness (QED) is 0.831. The first kappa shape index (κ1) is 12.0. The summed E-state index contributed by atoms with van der Waals surface area (Å²) in [5.41, 5.74) is 0. The van der Waals surface area contributed by atoms with Crippen molar-refractivity contribution in [3.05, 3.63) is 11.8 Å². The van der Waals surface area contributed by atoms with E-state index in [-0.39, 0.29) is 12.1 Å². The molecular weight excluding hydrogens is 218 g/mol. The summed E-state index contributed by atoms with van der Waals surface area (Å²) in [6.07, 6.45) is 4.71. The van der Waals surface area contributed by atoms with Crippen molar-refractivity contribution in [2.75, 3.05) is 5.32 Å². The molecule has 0 saturated heterocycles. The fourth-order valence-electron chi connectivity index (χ4n) is 2.28. The van der Waals surface area contributed by atoms with Crippen LogP contribution in [0.2, 0.25) is 0 Å². The lowest BCUT2D eigenvalue weighted by Gasteiger charge is -2.29. The molecule has 1 aliphatic rings. The SMILES string of the molecule is Cc1cc(NC(=O)N[C@@H]2CCCC[C@H]2C)no1. The summed E-state index contributed by atoms with van der Waals surface area (Å²) >= 11 is 0. The van der Waals surface area contributed by atoms with E-state index in [1.54, 1.807) is 13.0 Å². The van der Waals surface area contributed by atoms with Crippen LogP contribution in [0, 0.1) is 12.8 Å². The van der Waals surface area contributed by atoms with E-state index in [4.69, 9.17) is 4.52 Å². The van der Waals surface area contributed by atoms with Crippen molar-refractivity contribution < 1.29 is 9.32 Å². The molecule has 2 atom stereocenters. The molecule has 0 aliphatic heterocycles. The third-order valence-electron chi connectivity index (χ3n) is 3.30. The van der Waals surface area contributed by atoms with Crippen molar-refractivity contribution >= 4 is 11.8 Å². The topological polar surface area (TPSA) is 67.2 Å². The van der Waals surface area contributed by atoms with Gasteiger partial charge in [-0.3, -0.25) is 5.32 Å². The molecule has 1 fully saturated rings. The van der Waals surface area contributed by atoms with Gasteiger partial charge in [0.05, 0.1) is 0 Å². The minimum absolute atomic E-state index is 0.197. The third-order valence-corrected chi connectivity index (χ3v) is 3.30. The van der Waals surface area contributed by atoms with Crippen molar-refractivity contribution in [2.24, 2.45) is 5.92 Å². The molecule has 0 bridgehead atoms. The zero-order chi connectivity index (χ0) is 12.3. The highest BCUT2D eigenvalue weighted by molar-refractivity contribution is 5.88. The zero-order valence-corrected chi connectivity index (χ0v) is 10.3. The number of nitrogens with zero attached hydrogens (tertiary/aromatic N) is 1. The molecule has 1 heterocycles. The number of hydrogen-bond donors (Lipinski definition) is 2. The van der Waals surface area contributed by atoms with Crippen LogP contribution in [0.15, 0.2) is 10.6 Å². The van der Waals surface area contributed by atoms with Crippen molar-refractivity contribution in [1.82, 2.24) is 10.5 Å². The molecule has 2 N–H and O–H groups in total. The smallest absolute Gasteiger partial charge is 0.320 e. The van der Waals surface area contributed by atoms with Crippen LogP contribution in [0.5, 0.6) is 0 Å². The molecule has 94 valence electrons. The van der Waals surface area contributed by atoms with Gasteiger partial charge < -0.3 is 9.84 Å². The summed E-state index contributed by atoms with van der Waals surface area (Å²) in [5, 5.41) is 9.39. The molecule has 17 heavy (non-hydrogen) atoms. The van der Waals surface area contributed by atoms with E-state index in [0.717, 1.165) is 6.42 Å². The van der Waals surface area contributed by atoms with Gasteiger partial charge in [-0.2, -0.15) is 0 Å². The number of carbonyl (C=O) groups excluding carboxylic acids is 1. The molecule has 1 aliphatic carbocycles. The molecule has 1 aromatic heterocycles. The Bertz CT molecular complexity index is 389. The maximum absolute atomic E-state index is 11.7. The molecule has 5 heteroatoms. The van der Waals surface area contributed by atoms with Gasteiger partial charge in [-0.1, -0.05) is 24.9 Å². The van der Waals surface area contributed by atoms with Gasteiger partial charge in [-0.25, -0.2) is 4.79 Å². The Kier molecular flexibility index (Phi) is 3.66. The summed E-state index contributed by atoms with van der Waals surface area (Å²) in [5.74, 6) is 1.70. The molecule has 2 amide bonds. The summed E-state index contributed by atoms with van der Waals surface area (Å²) in [6.45, 7) is 3.98. The van der Waals surface area contributed by atoms with Gasteiger partial charge in [-0.05, 0) is 25.7 Å². The van der Waals surface area contributed by atoms with Crippen LogP contribution < -0.4 is 10.6 Å². The van der Waals surface area contributed by atoms with Crippen LogP contribution in [0.1, 0.15) is 38.4 Å². The van der Waals surface area contributed by atoms with Crippen LogP contribution in [0.3, 0.4) is 0 Å². The number of carbonyl (C=O) groups is 1. The van der Waals surface area contributed by atoms with E-state index in [1.807, 2.05) is 0 Å². The van der Waals surface area contributed by atoms with Crippen LogP contribution in [0.25, 0.3) is 0 Å². The Hall–Kier alpha value is -1.52. The molecule has 0 spiro atoms. The van der Waals surface area contributed by atoms with Crippen LogP contribution in [-0.4, -0.2) is 17.2 Å². The predicted octanol–water partition coefficient (Wildman–Crippen LogP) is 2.68. The molecule has 1 aromatic rings. The average molecular weight is 237 g/mol. The van der Waals surface area contributed by atoms with Crippen molar-refractivity contribution in [3.8, 4) is 0 Å². The molecule has 0 unspecified atom stereocenters. The van der Waals surface area contributed by atoms with Crippen molar-refractivity contribution in [3.63, 3.8) is 0 Å². The monoisotopic (exact) mass is 237 g/mol. The first-order chi connectivity index (χ1) is 8.15. The molecule has 5 nitrogen and oxygen atoms in total. The highest BCUT2D eigenvalue weighted by atomic mass is 16.5. The van der Waals surface area contributed by atoms with E-state index in [2.05, 4.69) is 22.7 Å². The second-order valence-electron chi connectivity index (χ2n) is 4.79. The summed E-state index contributed by atoms with van der Waals surface area (Å²) < 4.78 is 4.88. The fourth-order valence-corrected chi connectivity index (χ4v) is 2.28. The van der Waals surface area contributed by atoms with Gasteiger partial charge >= 0.3 is 6.03 Å². The van der Waals surface area contributed by atoms with E-state index in [1.165, 1.54) is 19.3 Å². The average Bonchev–Trinajstić information content (AvgIpc) is 2.67. The summed E-state index contributed by atoms with van der Waals surface area (Å²) in [4.78, 5) is 11.7. The lowest BCUT2D eigenvalue weighted by molar-refractivity contribution is 0.232. The Morgan fingerprint density at radius 3 is 2.88 bits per heavy atom. The predicted molar refractivity (Wildman–Crippen MR) is 64.8 cm³/mol. The highest BCUT2D eigenvalue weighted by Crippen LogP contribution is 2.23. The first-order valence-corrected chi connectivity index (χ1v) is 6.16. The number of aryl methyl sites for hydroxylation is 1. The molecule has 2 rings (SSSR count). The number of urea groups is 1. The molecule has 1 saturated carbocycles. The first-order valence-electron chi connectivity index (χ1n) is 6.16. The third kappa shape index (κ3) is 3.22. The maximum atomic E-state index is 11.7. The van der Waals surface area contributed by atoms with Crippen molar-refractivity contribution in [2.45, 2.75) is 45.6 Å². The van der Waals surface area contributed by atoms with Crippen LogP contribution in [0.4, 0.5) is 10.6 Å². The number of aromatic nitrogens is 1. The number of hydrogen-bond acceptors (Lipinski definition) is 3. The van der Waals surface area contributed by atoms with Gasteiger partial charge in [-0.15, -0.1) is 0 Å². The Morgan fingerprint density at radius 1 is 1.47 bits per heavy atom. The molecule has 0 radical (unpaired) electrons. The number of amides is 2. The van der Waals surface area contributed by atoms with Gasteiger partial charge in [0.2, 0.25) is 0 Å². The Balaban J connectivity index is 1.84. The lowest BCUT2D eigenvalue weighted by Crippen LogP contribution is -2.43. The minimum atomic E-state index is -0.197. The maximum Gasteiger partial charge on any atom is 0.320 e. The van der Waals surface area contributed by atoms with Crippen molar-refractivity contribution in [1.29, 1.82) is 0 Å². The van der Waals surface area contributed by atoms with Crippen LogP contribution in [-0.2, 0) is 0 Å². The fraction of sp³-hybridized carbons (Fsp3) is 0.667. The normalized spacial score (nSPS) is 24.4. The van der Waals surface area contributed by atoms with E-state index in [9.17, 15) is 4.79 Å². The van der Waals surface area contributed by atoms with Crippen LogP contribution >= 0.6 is 0 Å². The minimum Gasteiger partial charge on any atom is -0.360 e. The highest BCUT2D eigenvalue weighted by Gasteiger charge is 2.22. The van der Waals surface area contributed by atoms with Gasteiger partial charge in [0.25, 0.3) is 0 Å². The van der Waals surface area contributed by atoms with Gasteiger partial charge in [0, 0.05) is 12.1 Å². The standard InChI is InChI=1S/C12H19N3O2/c1-8-5-3-4-6-10(8)13-12(16)14-11-7-9(2)17-15-11/h7-8,10H,3-6H2,1-2H3,(H2,13,14,15,16)/t8-,10-/m1/s1. The number of nitrogens with one attached hydrogen (secondary N) is 2. The summed E-state index contributed by atoms with van der Waals surface area (Å²) in [6, 6.07) is 1.78. The van der Waals surface area contributed by atoms with E-state index < -0.39 is 0 Å². The second-order valence-corrected chi connectivity index (χ2v) is 4.79. The number of rotatable bonds is 2. The lowest BCUT2D eigenvalue weighted by atomic mass is 9.86. The summed E-state index contributed by atoms with van der Waals surface area (Å²) in [7, 11) is 0. The largest absolute Gasteiger partial charge is 0.360 e.